The monoisotopic (exact) mass is 170 g/mol. The minimum Gasteiger partial charge on any atom is -0.512 e. The molecule has 0 spiro atoms. The van der Waals surface area contributed by atoms with Crippen LogP contribution in [0.5, 0.6) is 0 Å². The summed E-state index contributed by atoms with van der Waals surface area (Å²) in [5, 5.41) is 9.52. The fourth-order valence-electron chi connectivity index (χ4n) is 2.55. The number of ether oxygens (including phenoxy) is 2. The van der Waals surface area contributed by atoms with Crippen LogP contribution >= 0.6 is 0 Å². The topological polar surface area (TPSA) is 38.7 Å². The fourth-order valence-corrected chi connectivity index (χ4v) is 2.55. The number of methoxy groups -OCH3 is 2. The third-order valence-electron chi connectivity index (χ3n) is 3.14. The van der Waals surface area contributed by atoms with Crippen molar-refractivity contribution >= 4 is 0 Å². The molecule has 1 fully saturated rings. The van der Waals surface area contributed by atoms with Crippen molar-refractivity contribution in [3.05, 3.63) is 11.8 Å². The summed E-state index contributed by atoms with van der Waals surface area (Å²) < 4.78 is 10.7. The van der Waals surface area contributed by atoms with E-state index in [0.717, 1.165) is 12.8 Å². The standard InChI is InChI=1S/C9H14O3/c1-11-9(12-2)6-3-4-7(9)8(10)5-6/h5-7,10H,3-4H2,1-2H3. The largest absolute Gasteiger partial charge is 0.512 e. The minimum absolute atomic E-state index is 0.0532. The van der Waals surface area contributed by atoms with Crippen molar-refractivity contribution < 1.29 is 14.6 Å². The first-order valence-corrected chi connectivity index (χ1v) is 4.25. The molecule has 0 radical (unpaired) electrons. The van der Waals surface area contributed by atoms with Gasteiger partial charge in [-0.25, -0.2) is 0 Å². The molecule has 0 aromatic rings. The smallest absolute Gasteiger partial charge is 0.183 e. The Morgan fingerprint density at radius 2 is 2.08 bits per heavy atom. The van der Waals surface area contributed by atoms with Gasteiger partial charge in [0.25, 0.3) is 0 Å². The summed E-state index contributed by atoms with van der Waals surface area (Å²) in [6.07, 6.45) is 3.88. The van der Waals surface area contributed by atoms with Crippen molar-refractivity contribution in [2.75, 3.05) is 14.2 Å². The maximum absolute atomic E-state index is 9.52. The Balaban J connectivity index is 2.32. The molecule has 3 nitrogen and oxygen atoms in total. The summed E-state index contributed by atoms with van der Waals surface area (Å²) in [4.78, 5) is 0. The summed E-state index contributed by atoms with van der Waals surface area (Å²) in [5.74, 6) is 0.161. The predicted octanol–water partition coefficient (Wildman–Crippen LogP) is 1.46. The van der Waals surface area contributed by atoms with Crippen molar-refractivity contribution in [3.63, 3.8) is 0 Å². The molecular formula is C9H14O3. The van der Waals surface area contributed by atoms with E-state index >= 15 is 0 Å². The number of rotatable bonds is 2. The molecule has 0 aromatic carbocycles. The Bertz CT molecular complexity index is 218. The maximum atomic E-state index is 9.52. The average Bonchev–Trinajstić information content (AvgIpc) is 2.56. The molecule has 2 bridgehead atoms. The second-order valence-electron chi connectivity index (χ2n) is 3.46. The maximum Gasteiger partial charge on any atom is 0.183 e. The molecule has 0 amide bonds. The Morgan fingerprint density at radius 3 is 2.33 bits per heavy atom. The molecule has 0 heterocycles. The van der Waals surface area contributed by atoms with Gasteiger partial charge in [-0.15, -0.1) is 0 Å². The lowest BCUT2D eigenvalue weighted by molar-refractivity contribution is -0.233. The van der Waals surface area contributed by atoms with Crippen LogP contribution in [0.15, 0.2) is 11.8 Å². The third-order valence-corrected chi connectivity index (χ3v) is 3.14. The molecule has 0 saturated heterocycles. The van der Waals surface area contributed by atoms with Crippen LogP contribution in [-0.2, 0) is 9.47 Å². The van der Waals surface area contributed by atoms with Gasteiger partial charge in [-0.3, -0.25) is 0 Å². The first-order valence-electron chi connectivity index (χ1n) is 4.25. The van der Waals surface area contributed by atoms with Crippen LogP contribution in [0.4, 0.5) is 0 Å². The van der Waals surface area contributed by atoms with Gasteiger partial charge in [0.2, 0.25) is 0 Å². The van der Waals surface area contributed by atoms with Gasteiger partial charge in [0.15, 0.2) is 5.79 Å². The van der Waals surface area contributed by atoms with Gasteiger partial charge in [-0.2, -0.15) is 0 Å². The van der Waals surface area contributed by atoms with E-state index in [-0.39, 0.29) is 11.8 Å². The minimum atomic E-state index is -0.565. The lowest BCUT2D eigenvalue weighted by Crippen LogP contribution is -2.40. The van der Waals surface area contributed by atoms with Crippen molar-refractivity contribution in [1.29, 1.82) is 0 Å². The van der Waals surface area contributed by atoms with Gasteiger partial charge in [0.05, 0.1) is 11.7 Å². The summed E-state index contributed by atoms with van der Waals surface area (Å²) in [6.45, 7) is 0. The molecule has 2 aliphatic rings. The molecule has 1 saturated carbocycles. The van der Waals surface area contributed by atoms with E-state index in [9.17, 15) is 5.11 Å². The second-order valence-corrected chi connectivity index (χ2v) is 3.46. The van der Waals surface area contributed by atoms with E-state index in [1.54, 1.807) is 14.2 Å². The highest BCUT2D eigenvalue weighted by Crippen LogP contribution is 2.52. The summed E-state index contributed by atoms with van der Waals surface area (Å²) in [7, 11) is 3.28. The van der Waals surface area contributed by atoms with Crippen LogP contribution in [0.25, 0.3) is 0 Å². The zero-order valence-electron chi connectivity index (χ0n) is 7.41. The molecule has 2 rings (SSSR count). The van der Waals surface area contributed by atoms with E-state index in [2.05, 4.69) is 0 Å². The van der Waals surface area contributed by atoms with Gasteiger partial charge in [-0.05, 0) is 18.9 Å². The number of hydrogen-bond donors (Lipinski definition) is 1. The van der Waals surface area contributed by atoms with Crippen molar-refractivity contribution in [1.82, 2.24) is 0 Å². The van der Waals surface area contributed by atoms with E-state index in [4.69, 9.17) is 9.47 Å². The van der Waals surface area contributed by atoms with Crippen molar-refractivity contribution in [2.45, 2.75) is 18.6 Å². The zero-order valence-corrected chi connectivity index (χ0v) is 7.41. The van der Waals surface area contributed by atoms with Gasteiger partial charge < -0.3 is 14.6 Å². The number of fused-ring (bicyclic) bond motifs is 2. The van der Waals surface area contributed by atoms with Crippen LogP contribution in [0.3, 0.4) is 0 Å². The van der Waals surface area contributed by atoms with Gasteiger partial charge in [-0.1, -0.05) is 0 Å². The highest BCUT2D eigenvalue weighted by molar-refractivity contribution is 5.21. The Morgan fingerprint density at radius 1 is 1.42 bits per heavy atom. The molecule has 68 valence electrons. The molecular weight excluding hydrogens is 156 g/mol. The lowest BCUT2D eigenvalue weighted by Gasteiger charge is -2.31. The number of hydrogen-bond acceptors (Lipinski definition) is 3. The summed E-state index contributed by atoms with van der Waals surface area (Å²) >= 11 is 0. The van der Waals surface area contributed by atoms with Crippen LogP contribution in [0, 0.1) is 11.8 Å². The second kappa shape index (κ2) is 2.47. The quantitative estimate of drug-likeness (QED) is 0.637. The van der Waals surface area contributed by atoms with Gasteiger partial charge >= 0.3 is 0 Å². The fraction of sp³-hybridized carbons (Fsp3) is 0.778. The molecule has 2 unspecified atom stereocenters. The normalized spacial score (nSPS) is 37.0. The SMILES string of the molecule is COC1(OC)C2C=C(O)C1CC2. The highest BCUT2D eigenvalue weighted by Gasteiger charge is 2.56. The molecule has 0 aromatic heterocycles. The Hall–Kier alpha value is -0.540. The Labute approximate surface area is 72.0 Å². The van der Waals surface area contributed by atoms with Crippen LogP contribution in [0.2, 0.25) is 0 Å². The van der Waals surface area contributed by atoms with Crippen LogP contribution in [0.1, 0.15) is 12.8 Å². The lowest BCUT2D eigenvalue weighted by atomic mass is 10.0. The third kappa shape index (κ3) is 0.730. The molecule has 1 N–H and O–H groups in total. The summed E-state index contributed by atoms with van der Waals surface area (Å²) in [6, 6.07) is 0. The van der Waals surface area contributed by atoms with Gasteiger partial charge in [0, 0.05) is 20.1 Å². The molecule has 2 aliphatic carbocycles. The van der Waals surface area contributed by atoms with E-state index in [0.29, 0.717) is 5.76 Å². The zero-order chi connectivity index (χ0) is 8.77. The summed E-state index contributed by atoms with van der Waals surface area (Å²) in [5.41, 5.74) is 0. The number of aliphatic hydroxyl groups excluding tert-OH is 1. The highest BCUT2D eigenvalue weighted by atomic mass is 16.7. The first kappa shape index (κ1) is 8.08. The molecule has 0 aliphatic heterocycles. The first-order chi connectivity index (χ1) is 5.74. The average molecular weight is 170 g/mol. The molecule has 2 atom stereocenters. The van der Waals surface area contributed by atoms with Crippen LogP contribution < -0.4 is 0 Å². The molecule has 12 heavy (non-hydrogen) atoms. The van der Waals surface area contributed by atoms with Crippen molar-refractivity contribution in [2.24, 2.45) is 11.8 Å². The Kier molecular flexibility index (Phi) is 1.66. The predicted molar refractivity (Wildman–Crippen MR) is 43.7 cm³/mol. The van der Waals surface area contributed by atoms with Crippen molar-refractivity contribution in [3.8, 4) is 0 Å². The van der Waals surface area contributed by atoms with Gasteiger partial charge in [0.1, 0.15) is 0 Å². The number of aliphatic hydroxyl groups is 1. The van der Waals surface area contributed by atoms with E-state index in [1.807, 2.05) is 6.08 Å². The van der Waals surface area contributed by atoms with E-state index < -0.39 is 5.79 Å². The van der Waals surface area contributed by atoms with E-state index in [1.165, 1.54) is 0 Å². The molecule has 3 heteroatoms. The van der Waals surface area contributed by atoms with Crippen LogP contribution in [-0.4, -0.2) is 25.1 Å².